The standard InChI is InChI=1S/C16H17NO4/c18-15(17-11-14-7-4-8-21-14)9-13(10-16(19)20)12-5-2-1-3-6-12/h1-8,13H,9-11H2,(H,17,18)(H,19,20)/p-1/t13-/m0/s1. The fourth-order valence-corrected chi connectivity index (χ4v) is 2.13. The Hall–Kier alpha value is -2.56. The number of amides is 1. The summed E-state index contributed by atoms with van der Waals surface area (Å²) in [5.41, 5.74) is 0.815. The molecule has 1 aromatic heterocycles. The minimum Gasteiger partial charge on any atom is -0.550 e. The van der Waals surface area contributed by atoms with Crippen LogP contribution in [0.5, 0.6) is 0 Å². The molecule has 0 spiro atoms. The monoisotopic (exact) mass is 286 g/mol. The molecule has 0 saturated heterocycles. The molecule has 5 heteroatoms. The van der Waals surface area contributed by atoms with Gasteiger partial charge in [-0.1, -0.05) is 30.3 Å². The number of carbonyl (C=O) groups is 2. The second-order valence-electron chi connectivity index (χ2n) is 4.74. The number of rotatable bonds is 7. The second kappa shape index (κ2) is 7.28. The molecular weight excluding hydrogens is 270 g/mol. The maximum Gasteiger partial charge on any atom is 0.220 e. The topological polar surface area (TPSA) is 82.4 Å². The molecule has 0 bridgehead atoms. The van der Waals surface area contributed by atoms with Gasteiger partial charge in [-0.2, -0.15) is 0 Å². The molecular formula is C16H16NO4-. The van der Waals surface area contributed by atoms with Gasteiger partial charge in [0.2, 0.25) is 5.91 Å². The Morgan fingerprint density at radius 1 is 1.10 bits per heavy atom. The molecule has 1 aromatic carbocycles. The summed E-state index contributed by atoms with van der Waals surface area (Å²) in [7, 11) is 0. The van der Waals surface area contributed by atoms with Gasteiger partial charge in [-0.3, -0.25) is 4.79 Å². The quantitative estimate of drug-likeness (QED) is 0.829. The first-order valence-electron chi connectivity index (χ1n) is 6.69. The number of carboxylic acid groups (broad SMARTS) is 1. The number of furan rings is 1. The molecule has 0 fully saturated rings. The van der Waals surface area contributed by atoms with Crippen molar-refractivity contribution in [3.63, 3.8) is 0 Å². The summed E-state index contributed by atoms with van der Waals surface area (Å²) in [6.45, 7) is 0.290. The zero-order valence-electron chi connectivity index (χ0n) is 11.5. The summed E-state index contributed by atoms with van der Waals surface area (Å²) in [6.07, 6.45) is 1.45. The highest BCUT2D eigenvalue weighted by molar-refractivity contribution is 5.78. The third-order valence-corrected chi connectivity index (χ3v) is 3.16. The van der Waals surface area contributed by atoms with Crippen molar-refractivity contribution in [1.82, 2.24) is 5.32 Å². The van der Waals surface area contributed by atoms with Crippen LogP contribution in [-0.2, 0) is 16.1 Å². The highest BCUT2D eigenvalue weighted by Gasteiger charge is 2.16. The van der Waals surface area contributed by atoms with E-state index in [1.54, 1.807) is 12.1 Å². The summed E-state index contributed by atoms with van der Waals surface area (Å²) in [5.74, 6) is -1.13. The van der Waals surface area contributed by atoms with Gasteiger partial charge in [-0.05, 0) is 30.0 Å². The van der Waals surface area contributed by atoms with Crippen LogP contribution in [0.15, 0.2) is 53.1 Å². The van der Waals surface area contributed by atoms with Crippen LogP contribution in [0, 0.1) is 0 Å². The Balaban J connectivity index is 1.94. The molecule has 0 aliphatic heterocycles. The van der Waals surface area contributed by atoms with Crippen LogP contribution in [0.2, 0.25) is 0 Å². The molecule has 1 atom stereocenters. The predicted octanol–water partition coefficient (Wildman–Crippen LogP) is 1.21. The Labute approximate surface area is 122 Å². The summed E-state index contributed by atoms with van der Waals surface area (Å²) < 4.78 is 5.12. The van der Waals surface area contributed by atoms with Crippen LogP contribution >= 0.6 is 0 Å². The van der Waals surface area contributed by atoms with Gasteiger partial charge in [-0.25, -0.2) is 0 Å². The molecule has 1 heterocycles. The van der Waals surface area contributed by atoms with E-state index in [1.165, 1.54) is 6.26 Å². The van der Waals surface area contributed by atoms with E-state index in [2.05, 4.69) is 5.32 Å². The first kappa shape index (κ1) is 14.8. The van der Waals surface area contributed by atoms with Crippen molar-refractivity contribution in [1.29, 1.82) is 0 Å². The van der Waals surface area contributed by atoms with Crippen LogP contribution in [0.3, 0.4) is 0 Å². The average Bonchev–Trinajstić information content (AvgIpc) is 2.98. The van der Waals surface area contributed by atoms with Gasteiger partial charge >= 0.3 is 0 Å². The lowest BCUT2D eigenvalue weighted by Crippen LogP contribution is -2.28. The highest BCUT2D eigenvalue weighted by Crippen LogP contribution is 2.22. The van der Waals surface area contributed by atoms with E-state index in [-0.39, 0.29) is 18.7 Å². The molecule has 0 unspecified atom stereocenters. The molecule has 2 aromatic rings. The van der Waals surface area contributed by atoms with E-state index >= 15 is 0 Å². The van der Waals surface area contributed by atoms with Crippen molar-refractivity contribution >= 4 is 11.9 Å². The third-order valence-electron chi connectivity index (χ3n) is 3.16. The normalized spacial score (nSPS) is 11.8. The molecule has 1 N–H and O–H groups in total. The molecule has 0 aliphatic rings. The molecule has 2 rings (SSSR count). The van der Waals surface area contributed by atoms with Gasteiger partial charge in [0.05, 0.1) is 12.8 Å². The number of carboxylic acids is 1. The maximum absolute atomic E-state index is 11.9. The van der Waals surface area contributed by atoms with Gasteiger partial charge in [0.1, 0.15) is 5.76 Å². The van der Waals surface area contributed by atoms with Gasteiger partial charge < -0.3 is 19.6 Å². The van der Waals surface area contributed by atoms with Crippen LogP contribution < -0.4 is 10.4 Å². The first-order chi connectivity index (χ1) is 10.1. The van der Waals surface area contributed by atoms with E-state index in [0.717, 1.165) is 5.56 Å². The van der Waals surface area contributed by atoms with Crippen molar-refractivity contribution in [3.8, 4) is 0 Å². The zero-order chi connectivity index (χ0) is 15.1. The van der Waals surface area contributed by atoms with Gasteiger partial charge in [-0.15, -0.1) is 0 Å². The van der Waals surface area contributed by atoms with Crippen molar-refractivity contribution in [2.75, 3.05) is 0 Å². The third kappa shape index (κ3) is 4.80. The van der Waals surface area contributed by atoms with Crippen LogP contribution in [0.1, 0.15) is 30.1 Å². The van der Waals surface area contributed by atoms with Crippen LogP contribution in [0.25, 0.3) is 0 Å². The Bertz CT molecular complexity index is 578. The largest absolute Gasteiger partial charge is 0.550 e. The fourth-order valence-electron chi connectivity index (χ4n) is 2.13. The molecule has 0 radical (unpaired) electrons. The Kier molecular flexibility index (Phi) is 5.15. The van der Waals surface area contributed by atoms with Gasteiger partial charge in [0, 0.05) is 12.4 Å². The fraction of sp³-hybridized carbons (Fsp3) is 0.250. The summed E-state index contributed by atoms with van der Waals surface area (Å²) >= 11 is 0. The average molecular weight is 286 g/mol. The van der Waals surface area contributed by atoms with E-state index in [4.69, 9.17) is 4.42 Å². The van der Waals surface area contributed by atoms with Crippen LogP contribution in [-0.4, -0.2) is 11.9 Å². The van der Waals surface area contributed by atoms with E-state index in [1.807, 2.05) is 30.3 Å². The molecule has 1 amide bonds. The van der Waals surface area contributed by atoms with E-state index < -0.39 is 11.9 Å². The molecule has 5 nitrogen and oxygen atoms in total. The van der Waals surface area contributed by atoms with Crippen molar-refractivity contribution in [2.45, 2.75) is 25.3 Å². The van der Waals surface area contributed by atoms with E-state index in [0.29, 0.717) is 12.3 Å². The number of nitrogens with one attached hydrogen (secondary N) is 1. The number of hydrogen-bond acceptors (Lipinski definition) is 4. The van der Waals surface area contributed by atoms with Crippen molar-refractivity contribution in [3.05, 3.63) is 60.1 Å². The number of carbonyl (C=O) groups excluding carboxylic acids is 2. The van der Waals surface area contributed by atoms with E-state index in [9.17, 15) is 14.7 Å². The lowest BCUT2D eigenvalue weighted by atomic mass is 9.92. The summed E-state index contributed by atoms with van der Waals surface area (Å²) in [5, 5.41) is 13.6. The van der Waals surface area contributed by atoms with Crippen molar-refractivity contribution in [2.24, 2.45) is 0 Å². The number of aliphatic carboxylic acids is 1. The van der Waals surface area contributed by atoms with Crippen LogP contribution in [0.4, 0.5) is 0 Å². The minimum atomic E-state index is -1.16. The highest BCUT2D eigenvalue weighted by atomic mass is 16.4. The Morgan fingerprint density at radius 3 is 2.48 bits per heavy atom. The molecule has 0 saturated carbocycles. The van der Waals surface area contributed by atoms with Gasteiger partial charge in [0.25, 0.3) is 0 Å². The zero-order valence-corrected chi connectivity index (χ0v) is 11.5. The summed E-state index contributed by atoms with van der Waals surface area (Å²) in [6, 6.07) is 12.6. The predicted molar refractivity (Wildman–Crippen MR) is 74.0 cm³/mol. The number of hydrogen-bond donors (Lipinski definition) is 1. The lowest BCUT2D eigenvalue weighted by Gasteiger charge is -2.17. The SMILES string of the molecule is O=C([O-])C[C@H](CC(=O)NCc1ccco1)c1ccccc1. The maximum atomic E-state index is 11.9. The summed E-state index contributed by atoms with van der Waals surface area (Å²) in [4.78, 5) is 22.8. The number of benzene rings is 1. The second-order valence-corrected chi connectivity index (χ2v) is 4.74. The minimum absolute atomic E-state index is 0.0959. The smallest absolute Gasteiger partial charge is 0.220 e. The lowest BCUT2D eigenvalue weighted by molar-refractivity contribution is -0.306. The molecule has 110 valence electrons. The Morgan fingerprint density at radius 2 is 1.86 bits per heavy atom. The molecule has 21 heavy (non-hydrogen) atoms. The first-order valence-corrected chi connectivity index (χ1v) is 6.69. The van der Waals surface area contributed by atoms with Gasteiger partial charge in [0.15, 0.2) is 0 Å². The van der Waals surface area contributed by atoms with Crippen molar-refractivity contribution < 1.29 is 19.1 Å². The molecule has 0 aliphatic carbocycles.